The van der Waals surface area contributed by atoms with Gasteiger partial charge in [0.25, 0.3) is 0 Å². The average molecular weight is 903 g/mol. The van der Waals surface area contributed by atoms with E-state index in [0.717, 1.165) is 0 Å². The molecule has 324 valence electrons. The van der Waals surface area contributed by atoms with Crippen molar-refractivity contribution in [2.75, 3.05) is 9.80 Å². The van der Waals surface area contributed by atoms with Gasteiger partial charge >= 0.3 is 0 Å². The lowest BCUT2D eigenvalue weighted by molar-refractivity contribution is 1.29. The fourth-order valence-electron chi connectivity index (χ4n) is 11.8. The molecule has 0 fully saturated rings. The molecule has 68 heavy (non-hydrogen) atoms. The monoisotopic (exact) mass is 902 g/mol. The zero-order valence-corrected chi connectivity index (χ0v) is 40.8. The summed E-state index contributed by atoms with van der Waals surface area (Å²) in [6, 6.07) is 86.9. The average Bonchev–Trinajstić information content (AvgIpc) is 3.38. The van der Waals surface area contributed by atoms with Gasteiger partial charge in [-0.25, -0.2) is 0 Å². The van der Waals surface area contributed by atoms with Gasteiger partial charge in [0.1, 0.15) is 16.1 Å². The second-order valence-electron chi connectivity index (χ2n) is 19.7. The van der Waals surface area contributed by atoms with Crippen LogP contribution in [0.25, 0.3) is 65.7 Å². The van der Waals surface area contributed by atoms with Gasteiger partial charge in [-0.2, -0.15) is 0 Å². The van der Waals surface area contributed by atoms with E-state index in [1.54, 1.807) is 0 Å². The zero-order valence-electron chi connectivity index (χ0n) is 38.8. The highest BCUT2D eigenvalue weighted by atomic mass is 28.3. The smallest absolute Gasteiger partial charge is 0.117 e. The lowest BCUT2D eigenvalue weighted by Crippen LogP contribution is -2.58. The van der Waals surface area contributed by atoms with E-state index >= 15 is 0 Å². The van der Waals surface area contributed by atoms with E-state index in [-0.39, 0.29) is 0 Å². The summed E-state index contributed by atoms with van der Waals surface area (Å²) in [6.45, 7) is 9.99. The second-order valence-corrected chi connectivity index (χ2v) is 28.4. The van der Waals surface area contributed by atoms with Crippen molar-refractivity contribution in [1.82, 2.24) is 0 Å². The molecular formula is C64H50N2Si2. The molecule has 13 rings (SSSR count). The maximum absolute atomic E-state index is 2.53. The molecule has 2 aliphatic rings. The van der Waals surface area contributed by atoms with Crippen LogP contribution in [0.4, 0.5) is 34.1 Å². The number of rotatable bonds is 5. The Kier molecular flexibility index (Phi) is 9.17. The third-order valence-corrected chi connectivity index (χ3v) is 22.3. The minimum absolute atomic E-state index is 1.17. The quantitative estimate of drug-likeness (QED) is 0.125. The number of benzene rings is 11. The van der Waals surface area contributed by atoms with Gasteiger partial charge in [0, 0.05) is 34.1 Å². The molecule has 2 heterocycles. The van der Waals surface area contributed by atoms with Crippen molar-refractivity contribution in [3.8, 4) is 33.4 Å². The number of para-hydroxylation sites is 4. The van der Waals surface area contributed by atoms with Gasteiger partial charge in [-0.15, -0.1) is 0 Å². The van der Waals surface area contributed by atoms with Gasteiger partial charge < -0.3 is 9.80 Å². The van der Waals surface area contributed by atoms with Crippen LogP contribution < -0.4 is 30.5 Å². The Morgan fingerprint density at radius 2 is 0.632 bits per heavy atom. The first-order valence-electron chi connectivity index (χ1n) is 23.9. The first-order valence-corrected chi connectivity index (χ1v) is 29.9. The summed E-state index contributed by atoms with van der Waals surface area (Å²) in [5, 5.41) is 13.3. The summed E-state index contributed by atoms with van der Waals surface area (Å²) in [6.07, 6.45) is 0. The van der Waals surface area contributed by atoms with Crippen molar-refractivity contribution < 1.29 is 0 Å². The molecule has 0 amide bonds. The van der Waals surface area contributed by atoms with Crippen LogP contribution in [-0.4, -0.2) is 16.1 Å². The first kappa shape index (κ1) is 40.5. The number of hydrogen-bond acceptors (Lipinski definition) is 2. The van der Waals surface area contributed by atoms with Gasteiger partial charge in [-0.3, -0.25) is 0 Å². The van der Waals surface area contributed by atoms with E-state index in [2.05, 4.69) is 267 Å². The topological polar surface area (TPSA) is 6.48 Å². The van der Waals surface area contributed by atoms with E-state index in [9.17, 15) is 0 Å². The Bertz CT molecular complexity index is 3720. The van der Waals surface area contributed by atoms with E-state index in [0.29, 0.717) is 0 Å². The van der Waals surface area contributed by atoms with Crippen molar-refractivity contribution in [2.45, 2.75) is 26.2 Å². The molecule has 0 unspecified atom stereocenters. The van der Waals surface area contributed by atoms with Crippen LogP contribution in [-0.2, 0) is 0 Å². The Hall–Kier alpha value is -7.77. The third kappa shape index (κ3) is 6.14. The molecule has 11 aromatic carbocycles. The summed E-state index contributed by atoms with van der Waals surface area (Å²) in [4.78, 5) is 5.05. The minimum atomic E-state index is -1.98. The summed E-state index contributed by atoms with van der Waals surface area (Å²) in [5.41, 5.74) is 14.8. The number of nitrogens with zero attached hydrogens (tertiary/aromatic N) is 2. The van der Waals surface area contributed by atoms with Gasteiger partial charge in [0.2, 0.25) is 0 Å². The largest absolute Gasteiger partial charge is 0.311 e. The molecule has 0 spiro atoms. The van der Waals surface area contributed by atoms with Crippen LogP contribution >= 0.6 is 0 Å². The Morgan fingerprint density at radius 3 is 1.10 bits per heavy atom. The van der Waals surface area contributed by atoms with Gasteiger partial charge in [-0.05, 0) is 141 Å². The minimum Gasteiger partial charge on any atom is -0.311 e. The zero-order chi connectivity index (χ0) is 45.7. The molecule has 0 aromatic heterocycles. The molecule has 0 N–H and O–H groups in total. The fourth-order valence-corrected chi connectivity index (χ4v) is 17.8. The van der Waals surface area contributed by atoms with Crippen molar-refractivity contribution in [2.24, 2.45) is 0 Å². The maximum atomic E-state index is 2.53. The molecule has 0 atom stereocenters. The van der Waals surface area contributed by atoms with Crippen molar-refractivity contribution in [1.29, 1.82) is 0 Å². The molecule has 0 aliphatic carbocycles. The first-order chi connectivity index (χ1) is 33.3. The Balaban J connectivity index is 1.09. The van der Waals surface area contributed by atoms with Gasteiger partial charge in [-0.1, -0.05) is 202 Å². The second kappa shape index (κ2) is 15.4. The van der Waals surface area contributed by atoms with E-state index < -0.39 is 16.1 Å². The van der Waals surface area contributed by atoms with Crippen LogP contribution in [0.2, 0.25) is 26.2 Å². The van der Waals surface area contributed by atoms with E-state index in [4.69, 9.17) is 0 Å². The van der Waals surface area contributed by atoms with Crippen molar-refractivity contribution >= 4 is 103 Å². The molecule has 0 saturated heterocycles. The SMILES string of the molecule is C[Si]1(C)c2ccccc2N(c2ccc3c(-c4ccc(-c5ccc6ccccc6c5)cc4)c4cc(N5c6ccccc6[Si](C)(C)c6ccccc65)ccc4c(-c4ccccc4)c3c2)c2ccccc21. The highest BCUT2D eigenvalue weighted by Crippen LogP contribution is 2.49. The van der Waals surface area contributed by atoms with Crippen molar-refractivity contribution in [3.63, 3.8) is 0 Å². The Labute approximate surface area is 401 Å². The normalized spacial score (nSPS) is 14.4. The van der Waals surface area contributed by atoms with E-state index in [1.807, 2.05) is 0 Å². The molecule has 0 bridgehead atoms. The van der Waals surface area contributed by atoms with Gasteiger partial charge in [0.15, 0.2) is 0 Å². The molecule has 0 radical (unpaired) electrons. The third-order valence-electron chi connectivity index (χ3n) is 15.2. The predicted octanol–water partition coefficient (Wildman–Crippen LogP) is 15.4. The standard InChI is InChI=1S/C64H50N2Si2/c1-67(2)59-26-14-10-22-55(59)65(56-23-11-15-27-60(56)67)49-37-39-52-53(41-49)63(45-19-6-5-7-20-45)51-38-36-50(66-57-24-12-16-28-61(57)68(3,4)62-29-17-13-25-58(62)66)42-54(51)64(52)46-33-30-44(31-34-46)48-35-32-43-18-8-9-21-47(43)40-48/h5-42H,1-4H3. The summed E-state index contributed by atoms with van der Waals surface area (Å²) in [7, 11) is -3.95. The van der Waals surface area contributed by atoms with Crippen LogP contribution in [0.15, 0.2) is 231 Å². The molecule has 2 nitrogen and oxygen atoms in total. The summed E-state index contributed by atoms with van der Waals surface area (Å²) >= 11 is 0. The van der Waals surface area contributed by atoms with Crippen LogP contribution in [0, 0.1) is 0 Å². The number of anilines is 6. The predicted molar refractivity (Wildman–Crippen MR) is 298 cm³/mol. The highest BCUT2D eigenvalue weighted by molar-refractivity contribution is 7.03. The lowest BCUT2D eigenvalue weighted by Gasteiger charge is -2.41. The highest BCUT2D eigenvalue weighted by Gasteiger charge is 2.40. The van der Waals surface area contributed by atoms with Crippen LogP contribution in [0.3, 0.4) is 0 Å². The Morgan fingerprint density at radius 1 is 0.265 bits per heavy atom. The summed E-state index contributed by atoms with van der Waals surface area (Å²) in [5.74, 6) is 0. The lowest BCUT2D eigenvalue weighted by atomic mass is 9.85. The molecular weight excluding hydrogens is 853 g/mol. The maximum Gasteiger partial charge on any atom is 0.117 e. The van der Waals surface area contributed by atoms with E-state index in [1.165, 1.54) is 121 Å². The van der Waals surface area contributed by atoms with Crippen molar-refractivity contribution in [3.05, 3.63) is 231 Å². The number of hydrogen-bond donors (Lipinski definition) is 0. The van der Waals surface area contributed by atoms with Crippen LogP contribution in [0.5, 0.6) is 0 Å². The summed E-state index contributed by atoms with van der Waals surface area (Å²) < 4.78 is 0. The van der Waals surface area contributed by atoms with Crippen LogP contribution in [0.1, 0.15) is 0 Å². The molecule has 2 aliphatic heterocycles. The number of fused-ring (bicyclic) bond motifs is 7. The fraction of sp³-hybridized carbons (Fsp3) is 0.0625. The molecule has 4 heteroatoms. The molecule has 0 saturated carbocycles. The van der Waals surface area contributed by atoms with Gasteiger partial charge in [0.05, 0.1) is 0 Å². The molecule has 11 aromatic rings.